The van der Waals surface area contributed by atoms with Gasteiger partial charge in [0.1, 0.15) is 5.69 Å². The minimum atomic E-state index is 0.0911. The van der Waals surface area contributed by atoms with Gasteiger partial charge in [0.25, 0.3) is 0 Å². The zero-order valence-electron chi connectivity index (χ0n) is 17.3. The Morgan fingerprint density at radius 3 is 2.55 bits per heavy atom. The van der Waals surface area contributed by atoms with E-state index in [0.717, 1.165) is 24.1 Å². The van der Waals surface area contributed by atoms with Crippen molar-refractivity contribution in [3.8, 4) is 11.3 Å². The van der Waals surface area contributed by atoms with Gasteiger partial charge in [-0.05, 0) is 19.8 Å². The number of aromatic nitrogens is 3. The number of rotatable bonds is 11. The van der Waals surface area contributed by atoms with Gasteiger partial charge in [0.15, 0.2) is 0 Å². The lowest BCUT2D eigenvalue weighted by atomic mass is 9.95. The highest BCUT2D eigenvalue weighted by Crippen LogP contribution is 2.17. The van der Waals surface area contributed by atoms with Crippen molar-refractivity contribution in [1.82, 2.24) is 20.3 Å². The molecule has 7 nitrogen and oxygen atoms in total. The van der Waals surface area contributed by atoms with Gasteiger partial charge >= 0.3 is 0 Å². The fourth-order valence-electron chi connectivity index (χ4n) is 3.46. The fourth-order valence-corrected chi connectivity index (χ4v) is 3.46. The van der Waals surface area contributed by atoms with Crippen molar-refractivity contribution in [3.05, 3.63) is 36.0 Å². The molecule has 1 heterocycles. The summed E-state index contributed by atoms with van der Waals surface area (Å²) in [6.07, 6.45) is 8.30. The molecule has 1 fully saturated rings. The number of carbonyl (C=O) groups is 1. The van der Waals surface area contributed by atoms with Gasteiger partial charge in [-0.1, -0.05) is 54.3 Å². The molecule has 0 atom stereocenters. The molecule has 0 saturated heterocycles. The predicted octanol–water partition coefficient (Wildman–Crippen LogP) is 3.13. The van der Waals surface area contributed by atoms with E-state index in [1.807, 2.05) is 18.3 Å². The lowest BCUT2D eigenvalue weighted by molar-refractivity contribution is -0.123. The number of aryl methyl sites for hydroxylation is 1. The van der Waals surface area contributed by atoms with Gasteiger partial charge in [0.05, 0.1) is 39.2 Å². The maximum Gasteiger partial charge on any atom is 0.222 e. The third-order valence-corrected chi connectivity index (χ3v) is 5.17. The minimum Gasteiger partial charge on any atom is -0.379 e. The standard InChI is InChI=1S/C22H32N4O3/c1-18-7-9-19(10-8-18)21-17-26(25-24-21)12-14-29-16-15-28-13-11-22(27)23-20-5-3-2-4-6-20/h7-10,17,20H,2-6,11-16H2,1H3,(H,23,27). The number of nitrogens with zero attached hydrogens (tertiary/aromatic N) is 3. The van der Waals surface area contributed by atoms with Crippen LogP contribution in [0.4, 0.5) is 0 Å². The second kappa shape index (κ2) is 11.7. The zero-order chi connectivity index (χ0) is 20.3. The van der Waals surface area contributed by atoms with Gasteiger partial charge in [-0.2, -0.15) is 0 Å². The van der Waals surface area contributed by atoms with Crippen LogP contribution in [0.25, 0.3) is 11.3 Å². The summed E-state index contributed by atoms with van der Waals surface area (Å²) in [6.45, 7) is 4.68. The average Bonchev–Trinajstić information content (AvgIpc) is 3.20. The first kappa shape index (κ1) is 21.5. The Hall–Kier alpha value is -2.25. The topological polar surface area (TPSA) is 78.3 Å². The summed E-state index contributed by atoms with van der Waals surface area (Å²) in [6, 6.07) is 8.59. The van der Waals surface area contributed by atoms with E-state index in [1.54, 1.807) is 4.68 Å². The molecule has 1 N–H and O–H groups in total. The molecule has 0 radical (unpaired) electrons. The number of nitrogens with one attached hydrogen (secondary N) is 1. The number of hydrogen-bond donors (Lipinski definition) is 1. The number of ether oxygens (including phenoxy) is 2. The lowest BCUT2D eigenvalue weighted by Crippen LogP contribution is -2.36. The van der Waals surface area contributed by atoms with E-state index in [9.17, 15) is 4.79 Å². The number of benzene rings is 1. The normalized spacial score (nSPS) is 14.8. The summed E-state index contributed by atoms with van der Waals surface area (Å²) in [7, 11) is 0. The Kier molecular flexibility index (Phi) is 8.64. The van der Waals surface area contributed by atoms with Crippen LogP contribution in [0.1, 0.15) is 44.1 Å². The Bertz CT molecular complexity index is 739. The van der Waals surface area contributed by atoms with Gasteiger partial charge in [0, 0.05) is 18.0 Å². The molecule has 3 rings (SSSR count). The van der Waals surface area contributed by atoms with Gasteiger partial charge in [-0.15, -0.1) is 5.10 Å². The maximum absolute atomic E-state index is 11.9. The summed E-state index contributed by atoms with van der Waals surface area (Å²) in [5.41, 5.74) is 3.14. The molecule has 158 valence electrons. The first-order valence-electron chi connectivity index (χ1n) is 10.6. The molecule has 0 aliphatic heterocycles. The minimum absolute atomic E-state index is 0.0911. The van der Waals surface area contributed by atoms with Gasteiger partial charge in [0.2, 0.25) is 5.91 Å². The largest absolute Gasteiger partial charge is 0.379 e. The van der Waals surface area contributed by atoms with Crippen LogP contribution in [0.3, 0.4) is 0 Å². The number of amides is 1. The summed E-state index contributed by atoms with van der Waals surface area (Å²) in [5, 5.41) is 11.4. The monoisotopic (exact) mass is 400 g/mol. The van der Waals surface area contributed by atoms with Crippen LogP contribution in [0, 0.1) is 6.92 Å². The van der Waals surface area contributed by atoms with Crippen LogP contribution in [-0.2, 0) is 20.8 Å². The van der Waals surface area contributed by atoms with Crippen molar-refractivity contribution in [1.29, 1.82) is 0 Å². The summed E-state index contributed by atoms with van der Waals surface area (Å²) in [5.74, 6) is 0.0911. The molecule has 1 amide bonds. The quantitative estimate of drug-likeness (QED) is 0.587. The molecular formula is C22H32N4O3. The van der Waals surface area contributed by atoms with E-state index in [-0.39, 0.29) is 5.91 Å². The fraction of sp³-hybridized carbons (Fsp3) is 0.591. The Labute approximate surface area is 172 Å². The third kappa shape index (κ3) is 7.59. The third-order valence-electron chi connectivity index (χ3n) is 5.17. The molecule has 29 heavy (non-hydrogen) atoms. The number of carbonyl (C=O) groups excluding carboxylic acids is 1. The second-order valence-electron chi connectivity index (χ2n) is 7.61. The van der Waals surface area contributed by atoms with E-state index in [4.69, 9.17) is 9.47 Å². The Morgan fingerprint density at radius 1 is 1.07 bits per heavy atom. The molecule has 0 bridgehead atoms. The molecule has 1 aliphatic rings. The molecular weight excluding hydrogens is 368 g/mol. The summed E-state index contributed by atoms with van der Waals surface area (Å²) < 4.78 is 12.9. The van der Waals surface area contributed by atoms with Crippen LogP contribution < -0.4 is 5.32 Å². The first-order valence-corrected chi connectivity index (χ1v) is 10.6. The van der Waals surface area contributed by atoms with E-state index in [1.165, 1.54) is 24.8 Å². The zero-order valence-corrected chi connectivity index (χ0v) is 17.3. The van der Waals surface area contributed by atoms with E-state index in [2.05, 4.69) is 34.7 Å². The van der Waals surface area contributed by atoms with Crippen LogP contribution >= 0.6 is 0 Å². The van der Waals surface area contributed by atoms with Crippen molar-refractivity contribution in [2.75, 3.05) is 26.4 Å². The molecule has 7 heteroatoms. The molecule has 1 aromatic carbocycles. The Balaban J connectivity index is 1.21. The van der Waals surface area contributed by atoms with E-state index >= 15 is 0 Å². The van der Waals surface area contributed by atoms with Crippen LogP contribution in [0.15, 0.2) is 30.5 Å². The van der Waals surface area contributed by atoms with Crippen molar-refractivity contribution in [3.63, 3.8) is 0 Å². The second-order valence-corrected chi connectivity index (χ2v) is 7.61. The first-order chi connectivity index (χ1) is 14.2. The molecule has 0 unspecified atom stereocenters. The van der Waals surface area contributed by atoms with Crippen molar-refractivity contribution in [2.45, 2.75) is 58.0 Å². The summed E-state index contributed by atoms with van der Waals surface area (Å²) >= 11 is 0. The maximum atomic E-state index is 11.9. The van der Waals surface area contributed by atoms with Gasteiger partial charge < -0.3 is 14.8 Å². The van der Waals surface area contributed by atoms with Crippen molar-refractivity contribution in [2.24, 2.45) is 0 Å². The average molecular weight is 401 g/mol. The number of hydrogen-bond acceptors (Lipinski definition) is 5. The highest BCUT2D eigenvalue weighted by Gasteiger charge is 2.15. The SMILES string of the molecule is Cc1ccc(-c2cn(CCOCCOCCC(=O)NC3CCCCC3)nn2)cc1. The van der Waals surface area contributed by atoms with E-state index < -0.39 is 0 Å². The van der Waals surface area contributed by atoms with Gasteiger partial charge in [-0.3, -0.25) is 4.79 Å². The predicted molar refractivity (Wildman–Crippen MR) is 111 cm³/mol. The van der Waals surface area contributed by atoms with E-state index in [0.29, 0.717) is 45.4 Å². The van der Waals surface area contributed by atoms with Crippen LogP contribution in [0.2, 0.25) is 0 Å². The molecule has 1 saturated carbocycles. The molecule has 1 aromatic heterocycles. The molecule has 0 spiro atoms. The molecule has 2 aromatic rings. The van der Waals surface area contributed by atoms with Crippen LogP contribution in [-0.4, -0.2) is 53.4 Å². The smallest absolute Gasteiger partial charge is 0.222 e. The van der Waals surface area contributed by atoms with Crippen LogP contribution in [0.5, 0.6) is 0 Å². The summed E-state index contributed by atoms with van der Waals surface area (Å²) in [4.78, 5) is 11.9. The highest BCUT2D eigenvalue weighted by atomic mass is 16.5. The Morgan fingerprint density at radius 2 is 1.79 bits per heavy atom. The highest BCUT2D eigenvalue weighted by molar-refractivity contribution is 5.76. The van der Waals surface area contributed by atoms with Crippen molar-refractivity contribution < 1.29 is 14.3 Å². The van der Waals surface area contributed by atoms with Crippen molar-refractivity contribution >= 4 is 5.91 Å². The molecule has 1 aliphatic carbocycles. The lowest BCUT2D eigenvalue weighted by Gasteiger charge is -2.22. The van der Waals surface area contributed by atoms with Gasteiger partial charge in [-0.25, -0.2) is 4.68 Å².